The molecule has 2 aliphatic rings. The Kier molecular flexibility index (Phi) is 12.1. The Balaban J connectivity index is 1.77. The van der Waals surface area contributed by atoms with Crippen molar-refractivity contribution in [2.75, 3.05) is 32.8 Å². The number of carboxylic acids is 1. The van der Waals surface area contributed by atoms with E-state index in [1.54, 1.807) is 0 Å². The van der Waals surface area contributed by atoms with Gasteiger partial charge in [0.1, 0.15) is 5.60 Å². The topological polar surface area (TPSA) is 125 Å². The Morgan fingerprint density at radius 2 is 1.70 bits per heavy atom. The summed E-state index contributed by atoms with van der Waals surface area (Å²) in [6.45, 7) is 11.0. The standard InChI is InChI=1S/C28H50N2O7/c1-6-8-22(13-16-36-19-28(5,35)25(32)33)24(31)30-14-11-21(12-15-30)23-10-7-9-20(17-23)18-29-26(34)37-27(2,3)4/h20-23,35H,6-19H2,1-5H3,(H,29,34)(H,32,33). The third-order valence-electron chi connectivity index (χ3n) is 7.72. The first-order valence-corrected chi connectivity index (χ1v) is 14.1. The van der Waals surface area contributed by atoms with E-state index in [4.69, 9.17) is 14.6 Å². The van der Waals surface area contributed by atoms with Gasteiger partial charge in [-0.05, 0) is 84.0 Å². The molecule has 0 aromatic rings. The lowest BCUT2D eigenvalue weighted by Crippen LogP contribution is -2.44. The number of aliphatic carboxylic acids is 1. The third kappa shape index (κ3) is 10.8. The van der Waals surface area contributed by atoms with Crippen LogP contribution in [0.1, 0.15) is 92.4 Å². The van der Waals surface area contributed by atoms with E-state index in [2.05, 4.69) is 12.2 Å². The van der Waals surface area contributed by atoms with Gasteiger partial charge in [0.2, 0.25) is 5.91 Å². The summed E-state index contributed by atoms with van der Waals surface area (Å²) in [5, 5.41) is 21.7. The number of nitrogens with zero attached hydrogens (tertiary/aromatic N) is 1. The van der Waals surface area contributed by atoms with Crippen LogP contribution in [-0.4, -0.2) is 77.1 Å². The molecule has 2 rings (SSSR count). The van der Waals surface area contributed by atoms with Crippen LogP contribution >= 0.6 is 0 Å². The van der Waals surface area contributed by atoms with Gasteiger partial charge in [0.25, 0.3) is 0 Å². The zero-order chi connectivity index (χ0) is 27.6. The number of carbonyl (C=O) groups is 3. The van der Waals surface area contributed by atoms with Gasteiger partial charge in [-0.25, -0.2) is 9.59 Å². The molecule has 4 unspecified atom stereocenters. The second-order valence-electron chi connectivity index (χ2n) is 12.2. The molecule has 1 saturated heterocycles. The van der Waals surface area contributed by atoms with Gasteiger partial charge in [-0.1, -0.05) is 26.2 Å². The zero-order valence-corrected chi connectivity index (χ0v) is 23.6. The molecule has 37 heavy (non-hydrogen) atoms. The maximum absolute atomic E-state index is 13.2. The largest absolute Gasteiger partial charge is 0.479 e. The van der Waals surface area contributed by atoms with E-state index < -0.39 is 17.2 Å². The van der Waals surface area contributed by atoms with Crippen molar-refractivity contribution in [1.82, 2.24) is 10.2 Å². The van der Waals surface area contributed by atoms with Crippen LogP contribution in [0.2, 0.25) is 0 Å². The van der Waals surface area contributed by atoms with Gasteiger partial charge in [0.15, 0.2) is 5.60 Å². The number of nitrogens with one attached hydrogen (secondary N) is 1. The molecular weight excluding hydrogens is 476 g/mol. The highest BCUT2D eigenvalue weighted by atomic mass is 16.6. The quantitative estimate of drug-likeness (QED) is 0.325. The SMILES string of the molecule is CCCC(CCOCC(C)(O)C(=O)O)C(=O)N1CCC(C2CCCC(CNC(=O)OC(C)(C)C)C2)CC1. The fourth-order valence-corrected chi connectivity index (χ4v) is 5.64. The van der Waals surface area contributed by atoms with Crippen molar-refractivity contribution in [1.29, 1.82) is 0 Å². The maximum atomic E-state index is 13.2. The molecule has 214 valence electrons. The molecule has 4 atom stereocenters. The molecule has 1 aliphatic heterocycles. The number of likely N-dealkylation sites (tertiary alicyclic amines) is 1. The van der Waals surface area contributed by atoms with Crippen molar-refractivity contribution >= 4 is 18.0 Å². The fourth-order valence-electron chi connectivity index (χ4n) is 5.64. The molecule has 1 saturated carbocycles. The normalized spacial score (nSPS) is 23.7. The first-order valence-electron chi connectivity index (χ1n) is 14.1. The summed E-state index contributed by atoms with van der Waals surface area (Å²) < 4.78 is 10.8. The van der Waals surface area contributed by atoms with E-state index >= 15 is 0 Å². The molecular formula is C28H50N2O7. The van der Waals surface area contributed by atoms with E-state index in [9.17, 15) is 19.5 Å². The minimum atomic E-state index is -1.92. The summed E-state index contributed by atoms with van der Waals surface area (Å²) in [4.78, 5) is 38.3. The highest BCUT2D eigenvalue weighted by Gasteiger charge is 2.34. The first-order chi connectivity index (χ1) is 17.3. The van der Waals surface area contributed by atoms with E-state index in [1.165, 1.54) is 19.8 Å². The number of alkyl carbamates (subject to hydrolysis) is 1. The number of ether oxygens (including phenoxy) is 2. The number of aliphatic hydroxyl groups is 1. The van der Waals surface area contributed by atoms with Crippen molar-refractivity contribution < 1.29 is 34.1 Å². The van der Waals surface area contributed by atoms with E-state index in [1.807, 2.05) is 25.7 Å². The third-order valence-corrected chi connectivity index (χ3v) is 7.72. The van der Waals surface area contributed by atoms with Crippen molar-refractivity contribution in [2.24, 2.45) is 23.7 Å². The summed E-state index contributed by atoms with van der Waals surface area (Å²) in [5.41, 5.74) is -2.41. The van der Waals surface area contributed by atoms with Gasteiger partial charge in [0, 0.05) is 32.2 Å². The van der Waals surface area contributed by atoms with Gasteiger partial charge >= 0.3 is 12.1 Å². The van der Waals surface area contributed by atoms with Crippen LogP contribution in [0.5, 0.6) is 0 Å². The second-order valence-corrected chi connectivity index (χ2v) is 12.2. The molecule has 0 aromatic carbocycles. The minimum absolute atomic E-state index is 0.144. The first kappa shape index (κ1) is 31.3. The van der Waals surface area contributed by atoms with Crippen LogP contribution in [0.15, 0.2) is 0 Å². The monoisotopic (exact) mass is 526 g/mol. The number of hydrogen-bond donors (Lipinski definition) is 3. The number of piperidine rings is 1. The average molecular weight is 527 g/mol. The molecule has 3 N–H and O–H groups in total. The summed E-state index contributed by atoms with van der Waals surface area (Å²) in [5.74, 6) is 0.422. The second kappa shape index (κ2) is 14.3. The molecule has 0 aromatic heterocycles. The minimum Gasteiger partial charge on any atom is -0.479 e. The summed E-state index contributed by atoms with van der Waals surface area (Å²) in [6.07, 6.45) is 8.51. The lowest BCUT2D eigenvalue weighted by molar-refractivity contribution is -0.163. The molecule has 2 fully saturated rings. The molecule has 9 nitrogen and oxygen atoms in total. The number of hydrogen-bond acceptors (Lipinski definition) is 6. The maximum Gasteiger partial charge on any atom is 0.407 e. The Bertz CT molecular complexity index is 741. The fraction of sp³-hybridized carbons (Fsp3) is 0.893. The van der Waals surface area contributed by atoms with Crippen molar-refractivity contribution in [3.8, 4) is 0 Å². The van der Waals surface area contributed by atoms with Crippen LogP contribution < -0.4 is 5.32 Å². The summed E-state index contributed by atoms with van der Waals surface area (Å²) in [7, 11) is 0. The van der Waals surface area contributed by atoms with Crippen LogP contribution in [0.3, 0.4) is 0 Å². The number of carbonyl (C=O) groups excluding carboxylic acids is 2. The van der Waals surface area contributed by atoms with Gasteiger partial charge in [0.05, 0.1) is 6.61 Å². The van der Waals surface area contributed by atoms with Crippen LogP contribution in [0, 0.1) is 23.7 Å². The average Bonchev–Trinajstić information content (AvgIpc) is 2.83. The molecule has 0 radical (unpaired) electrons. The number of rotatable bonds is 12. The van der Waals surface area contributed by atoms with Crippen molar-refractivity contribution in [2.45, 2.75) is 104 Å². The van der Waals surface area contributed by atoms with Crippen molar-refractivity contribution in [3.63, 3.8) is 0 Å². The lowest BCUT2D eigenvalue weighted by Gasteiger charge is -2.40. The van der Waals surface area contributed by atoms with E-state index in [-0.39, 0.29) is 31.1 Å². The van der Waals surface area contributed by atoms with Gasteiger partial charge < -0.3 is 29.9 Å². The van der Waals surface area contributed by atoms with E-state index in [0.29, 0.717) is 30.7 Å². The van der Waals surface area contributed by atoms with Crippen molar-refractivity contribution in [3.05, 3.63) is 0 Å². The lowest BCUT2D eigenvalue weighted by atomic mass is 9.72. The smallest absolute Gasteiger partial charge is 0.407 e. The summed E-state index contributed by atoms with van der Waals surface area (Å²) >= 11 is 0. The Labute approximate surface area is 222 Å². The zero-order valence-electron chi connectivity index (χ0n) is 23.6. The van der Waals surface area contributed by atoms with Gasteiger partial charge in [-0.2, -0.15) is 0 Å². The molecule has 1 aliphatic carbocycles. The Morgan fingerprint density at radius 1 is 1.03 bits per heavy atom. The molecule has 0 spiro atoms. The molecule has 1 heterocycles. The summed E-state index contributed by atoms with van der Waals surface area (Å²) in [6, 6.07) is 0. The van der Waals surface area contributed by atoms with E-state index in [0.717, 1.165) is 51.6 Å². The van der Waals surface area contributed by atoms with Gasteiger partial charge in [-0.15, -0.1) is 0 Å². The molecule has 2 amide bonds. The van der Waals surface area contributed by atoms with Crippen LogP contribution in [0.4, 0.5) is 4.79 Å². The Hall–Kier alpha value is -1.87. The van der Waals surface area contributed by atoms with Crippen LogP contribution in [0.25, 0.3) is 0 Å². The highest BCUT2D eigenvalue weighted by Crippen LogP contribution is 2.38. The van der Waals surface area contributed by atoms with Crippen LogP contribution in [-0.2, 0) is 19.1 Å². The number of carboxylic acid groups (broad SMARTS) is 1. The Morgan fingerprint density at radius 3 is 2.30 bits per heavy atom. The molecule has 0 bridgehead atoms. The predicted octanol–water partition coefficient (Wildman–Crippen LogP) is 4.21. The molecule has 9 heteroatoms. The predicted molar refractivity (Wildman–Crippen MR) is 141 cm³/mol. The number of amides is 2. The highest BCUT2D eigenvalue weighted by molar-refractivity contribution is 5.79. The van der Waals surface area contributed by atoms with Gasteiger partial charge in [-0.3, -0.25) is 4.79 Å².